The monoisotopic (exact) mass is 285 g/mol. The highest BCUT2D eigenvalue weighted by Gasteiger charge is 2.08. The van der Waals surface area contributed by atoms with Crippen molar-refractivity contribution >= 4 is 11.4 Å². The molecule has 4 nitrogen and oxygen atoms in total. The van der Waals surface area contributed by atoms with Crippen molar-refractivity contribution in [1.82, 2.24) is 10.3 Å². The van der Waals surface area contributed by atoms with E-state index in [1.165, 1.54) is 0 Å². The van der Waals surface area contributed by atoms with Crippen LogP contribution in [0.25, 0.3) is 0 Å². The molecule has 1 N–H and O–H groups in total. The lowest BCUT2D eigenvalue weighted by Crippen LogP contribution is -2.19. The minimum atomic E-state index is 0.270. The number of methoxy groups -OCH3 is 1. The van der Waals surface area contributed by atoms with Gasteiger partial charge in [0.2, 0.25) is 0 Å². The first kappa shape index (κ1) is 15.3. The molecule has 0 aliphatic rings. The summed E-state index contributed by atoms with van der Waals surface area (Å²) in [5.74, 6) is 0.852. The third-order valence-corrected chi connectivity index (χ3v) is 3.55. The van der Waals surface area contributed by atoms with E-state index in [9.17, 15) is 0 Å². The molecule has 1 aromatic carbocycles. The largest absolute Gasteiger partial charge is 0.497 e. The number of pyridine rings is 1. The van der Waals surface area contributed by atoms with Crippen LogP contribution in [0, 0.1) is 0 Å². The quantitative estimate of drug-likeness (QED) is 0.881. The zero-order valence-corrected chi connectivity index (χ0v) is 13.1. The standard InChI is InChI=1S/C17H23N3O/c1-5-18-13(2)17-10-9-15(12-19-17)20(3)14-7-6-8-16(11-14)21-4/h6-13,18H,5H2,1-4H3. The van der Waals surface area contributed by atoms with E-state index in [1.54, 1.807) is 7.11 Å². The van der Waals surface area contributed by atoms with Crippen LogP contribution in [0.2, 0.25) is 0 Å². The van der Waals surface area contributed by atoms with E-state index in [0.717, 1.165) is 29.4 Å². The number of nitrogens with zero attached hydrogens (tertiary/aromatic N) is 2. The van der Waals surface area contributed by atoms with E-state index >= 15 is 0 Å². The summed E-state index contributed by atoms with van der Waals surface area (Å²) in [5, 5.41) is 3.36. The van der Waals surface area contributed by atoms with Crippen LogP contribution in [0.1, 0.15) is 25.6 Å². The first-order valence-electron chi connectivity index (χ1n) is 7.22. The Morgan fingerprint density at radius 2 is 2.05 bits per heavy atom. The molecule has 4 heteroatoms. The van der Waals surface area contributed by atoms with Crippen molar-refractivity contribution in [3.05, 3.63) is 48.3 Å². The third kappa shape index (κ3) is 3.73. The lowest BCUT2D eigenvalue weighted by molar-refractivity contribution is 0.415. The molecular weight excluding hydrogens is 262 g/mol. The summed E-state index contributed by atoms with van der Waals surface area (Å²) in [6, 6.07) is 12.4. The van der Waals surface area contributed by atoms with Gasteiger partial charge in [-0.05, 0) is 37.7 Å². The van der Waals surface area contributed by atoms with Crippen molar-refractivity contribution in [2.45, 2.75) is 19.9 Å². The molecule has 112 valence electrons. The first-order chi connectivity index (χ1) is 10.2. The molecule has 0 aliphatic heterocycles. The Hall–Kier alpha value is -2.07. The molecule has 0 bridgehead atoms. The molecule has 2 rings (SSSR count). The van der Waals surface area contributed by atoms with Gasteiger partial charge in [-0.3, -0.25) is 4.98 Å². The molecule has 1 aromatic heterocycles. The van der Waals surface area contributed by atoms with Gasteiger partial charge >= 0.3 is 0 Å². The molecule has 0 saturated carbocycles. The fraction of sp³-hybridized carbons (Fsp3) is 0.353. The fourth-order valence-corrected chi connectivity index (χ4v) is 2.23. The summed E-state index contributed by atoms with van der Waals surface area (Å²) in [4.78, 5) is 6.65. The second kappa shape index (κ2) is 7.09. The van der Waals surface area contributed by atoms with Gasteiger partial charge in [0.1, 0.15) is 5.75 Å². The lowest BCUT2D eigenvalue weighted by atomic mass is 10.2. The molecule has 1 atom stereocenters. The van der Waals surface area contributed by atoms with Crippen LogP contribution < -0.4 is 15.0 Å². The summed E-state index contributed by atoms with van der Waals surface area (Å²) in [5.41, 5.74) is 3.18. The number of aromatic nitrogens is 1. The van der Waals surface area contributed by atoms with Crippen LogP contribution >= 0.6 is 0 Å². The van der Waals surface area contributed by atoms with E-state index < -0.39 is 0 Å². The van der Waals surface area contributed by atoms with Crippen LogP contribution in [-0.2, 0) is 0 Å². The average molecular weight is 285 g/mol. The molecule has 0 fully saturated rings. The topological polar surface area (TPSA) is 37.4 Å². The number of benzene rings is 1. The van der Waals surface area contributed by atoms with Crippen molar-refractivity contribution in [3.63, 3.8) is 0 Å². The Bertz CT molecular complexity index is 569. The highest BCUT2D eigenvalue weighted by atomic mass is 16.5. The van der Waals surface area contributed by atoms with Gasteiger partial charge in [-0.25, -0.2) is 0 Å². The zero-order valence-electron chi connectivity index (χ0n) is 13.1. The molecule has 21 heavy (non-hydrogen) atoms. The molecule has 0 amide bonds. The summed E-state index contributed by atoms with van der Waals surface area (Å²) >= 11 is 0. The number of nitrogens with one attached hydrogen (secondary N) is 1. The Kier molecular flexibility index (Phi) is 5.17. The van der Waals surface area contributed by atoms with Gasteiger partial charge in [-0.2, -0.15) is 0 Å². The normalized spacial score (nSPS) is 12.0. The van der Waals surface area contributed by atoms with Gasteiger partial charge < -0.3 is 15.0 Å². The predicted octanol–water partition coefficient (Wildman–Crippen LogP) is 3.53. The summed E-state index contributed by atoms with van der Waals surface area (Å²) in [6.07, 6.45) is 1.91. The molecule has 0 aliphatic carbocycles. The van der Waals surface area contributed by atoms with Crippen LogP contribution in [-0.4, -0.2) is 25.7 Å². The molecule has 1 unspecified atom stereocenters. The summed E-state index contributed by atoms with van der Waals surface area (Å²) < 4.78 is 5.27. The van der Waals surface area contributed by atoms with Crippen LogP contribution in [0.4, 0.5) is 11.4 Å². The summed E-state index contributed by atoms with van der Waals surface area (Å²) in [7, 11) is 3.71. The van der Waals surface area contributed by atoms with Crippen molar-refractivity contribution in [2.24, 2.45) is 0 Å². The number of rotatable bonds is 6. The second-order valence-electron chi connectivity index (χ2n) is 4.98. The van der Waals surface area contributed by atoms with Crippen LogP contribution in [0.15, 0.2) is 42.6 Å². The average Bonchev–Trinajstić information content (AvgIpc) is 2.54. The highest BCUT2D eigenvalue weighted by molar-refractivity contribution is 5.63. The number of hydrogen-bond acceptors (Lipinski definition) is 4. The van der Waals surface area contributed by atoms with Gasteiger partial charge in [0.25, 0.3) is 0 Å². The van der Waals surface area contributed by atoms with Crippen molar-refractivity contribution in [1.29, 1.82) is 0 Å². The van der Waals surface area contributed by atoms with Crippen molar-refractivity contribution < 1.29 is 4.74 Å². The zero-order chi connectivity index (χ0) is 15.2. The smallest absolute Gasteiger partial charge is 0.120 e. The van der Waals surface area contributed by atoms with Crippen molar-refractivity contribution in [2.75, 3.05) is 25.6 Å². The second-order valence-corrected chi connectivity index (χ2v) is 4.98. The summed E-state index contributed by atoms with van der Waals surface area (Å²) in [6.45, 7) is 5.16. The molecule has 0 saturated heterocycles. The van der Waals surface area contributed by atoms with Crippen LogP contribution in [0.3, 0.4) is 0 Å². The van der Waals surface area contributed by atoms with Gasteiger partial charge in [0.15, 0.2) is 0 Å². The van der Waals surface area contributed by atoms with E-state index in [-0.39, 0.29) is 6.04 Å². The van der Waals surface area contributed by atoms with Gasteiger partial charge in [0.05, 0.1) is 24.7 Å². The van der Waals surface area contributed by atoms with Gasteiger partial charge in [0, 0.05) is 24.8 Å². The Balaban J connectivity index is 2.17. The molecule has 1 heterocycles. The SMILES string of the molecule is CCNC(C)c1ccc(N(C)c2cccc(OC)c2)cn1. The predicted molar refractivity (Wildman–Crippen MR) is 87.4 cm³/mol. The van der Waals surface area contributed by atoms with E-state index in [0.29, 0.717) is 0 Å². The fourth-order valence-electron chi connectivity index (χ4n) is 2.23. The molecule has 0 radical (unpaired) electrons. The molecule has 2 aromatic rings. The minimum Gasteiger partial charge on any atom is -0.497 e. The van der Waals surface area contributed by atoms with Crippen LogP contribution in [0.5, 0.6) is 5.75 Å². The third-order valence-electron chi connectivity index (χ3n) is 3.55. The van der Waals surface area contributed by atoms with Crippen molar-refractivity contribution in [3.8, 4) is 5.75 Å². The van der Waals surface area contributed by atoms with Gasteiger partial charge in [-0.1, -0.05) is 13.0 Å². The maximum atomic E-state index is 5.27. The minimum absolute atomic E-state index is 0.270. The Morgan fingerprint density at radius 3 is 2.67 bits per heavy atom. The highest BCUT2D eigenvalue weighted by Crippen LogP contribution is 2.26. The van der Waals surface area contributed by atoms with E-state index in [2.05, 4.69) is 47.2 Å². The van der Waals surface area contributed by atoms with Gasteiger partial charge in [-0.15, -0.1) is 0 Å². The number of anilines is 2. The molecule has 0 spiro atoms. The first-order valence-corrected chi connectivity index (χ1v) is 7.22. The Morgan fingerprint density at radius 1 is 1.24 bits per heavy atom. The Labute approximate surface area is 126 Å². The maximum absolute atomic E-state index is 5.27. The molecular formula is C17H23N3O. The lowest BCUT2D eigenvalue weighted by Gasteiger charge is -2.20. The maximum Gasteiger partial charge on any atom is 0.120 e. The number of ether oxygens (including phenoxy) is 1. The number of hydrogen-bond donors (Lipinski definition) is 1. The van der Waals surface area contributed by atoms with E-state index in [4.69, 9.17) is 4.74 Å². The van der Waals surface area contributed by atoms with E-state index in [1.807, 2.05) is 31.4 Å².